The van der Waals surface area contributed by atoms with Crippen LogP contribution in [0.5, 0.6) is 0 Å². The lowest BCUT2D eigenvalue weighted by Crippen LogP contribution is -2.37. The van der Waals surface area contributed by atoms with Gasteiger partial charge in [-0.15, -0.1) is 0 Å². The predicted molar refractivity (Wildman–Crippen MR) is 100 cm³/mol. The number of nitrogens with zero attached hydrogens (tertiary/aromatic N) is 1. The van der Waals surface area contributed by atoms with Crippen LogP contribution in [0.25, 0.3) is 10.9 Å². The first-order chi connectivity index (χ1) is 12.4. The molecule has 1 saturated heterocycles. The first-order valence-electron chi connectivity index (χ1n) is 8.47. The number of rotatable bonds is 3. The van der Waals surface area contributed by atoms with Crippen molar-refractivity contribution in [2.24, 2.45) is 0 Å². The van der Waals surface area contributed by atoms with Crippen LogP contribution in [-0.4, -0.2) is 30.8 Å². The molecule has 0 amide bonds. The molecule has 1 fully saturated rings. The molecule has 0 spiro atoms. The summed E-state index contributed by atoms with van der Waals surface area (Å²) < 4.78 is 40.4. The number of hydrogen-bond acceptors (Lipinski definition) is 2. The highest BCUT2D eigenvalue weighted by atomic mass is 35.5. The van der Waals surface area contributed by atoms with Gasteiger partial charge in [0.2, 0.25) is 10.0 Å². The van der Waals surface area contributed by atoms with E-state index in [-0.39, 0.29) is 16.6 Å². The second-order valence-corrected chi connectivity index (χ2v) is 8.94. The first kappa shape index (κ1) is 17.5. The summed E-state index contributed by atoms with van der Waals surface area (Å²) in [5, 5.41) is 1.52. The van der Waals surface area contributed by atoms with E-state index in [1.807, 2.05) is 6.20 Å². The molecule has 136 valence electrons. The van der Waals surface area contributed by atoms with E-state index in [0.717, 1.165) is 29.3 Å². The molecule has 7 heteroatoms. The van der Waals surface area contributed by atoms with Gasteiger partial charge in [0.1, 0.15) is 5.82 Å². The highest BCUT2D eigenvalue weighted by Crippen LogP contribution is 2.35. The van der Waals surface area contributed by atoms with Crippen LogP contribution >= 0.6 is 11.6 Å². The molecule has 2 aromatic carbocycles. The summed E-state index contributed by atoms with van der Waals surface area (Å²) in [6.07, 6.45) is 3.38. The molecule has 1 N–H and O–H groups in total. The largest absolute Gasteiger partial charge is 0.361 e. The number of H-pyrrole nitrogens is 1. The normalized spacial score (nSPS) is 17.0. The summed E-state index contributed by atoms with van der Waals surface area (Å²) >= 11 is 5.85. The van der Waals surface area contributed by atoms with Crippen LogP contribution in [0, 0.1) is 5.82 Å². The Labute approximate surface area is 156 Å². The Kier molecular flexibility index (Phi) is 4.50. The van der Waals surface area contributed by atoms with Crippen LogP contribution in [0.2, 0.25) is 5.02 Å². The molecule has 2 heterocycles. The van der Waals surface area contributed by atoms with Gasteiger partial charge in [0.25, 0.3) is 0 Å². The van der Waals surface area contributed by atoms with Crippen molar-refractivity contribution >= 4 is 32.5 Å². The molecule has 4 rings (SSSR count). The second-order valence-electron chi connectivity index (χ2n) is 6.57. The molecule has 1 aliphatic rings. The number of hydrogen-bond donors (Lipinski definition) is 1. The molecule has 3 aromatic rings. The summed E-state index contributed by atoms with van der Waals surface area (Å²) in [6.45, 7) is 0.924. The van der Waals surface area contributed by atoms with Crippen molar-refractivity contribution in [3.8, 4) is 0 Å². The van der Waals surface area contributed by atoms with E-state index in [2.05, 4.69) is 4.98 Å². The third-order valence-electron chi connectivity index (χ3n) is 5.02. The van der Waals surface area contributed by atoms with Crippen molar-refractivity contribution in [1.82, 2.24) is 9.29 Å². The Balaban J connectivity index is 1.52. The summed E-state index contributed by atoms with van der Waals surface area (Å²) in [7, 11) is -3.50. The Hall–Kier alpha value is -1.89. The quantitative estimate of drug-likeness (QED) is 0.712. The molecule has 0 atom stereocenters. The van der Waals surface area contributed by atoms with E-state index in [1.54, 1.807) is 18.2 Å². The highest BCUT2D eigenvalue weighted by Gasteiger charge is 2.30. The lowest BCUT2D eigenvalue weighted by Gasteiger charge is -2.31. The Morgan fingerprint density at radius 2 is 1.77 bits per heavy atom. The van der Waals surface area contributed by atoms with Crippen LogP contribution in [0.4, 0.5) is 4.39 Å². The van der Waals surface area contributed by atoms with Crippen molar-refractivity contribution in [3.63, 3.8) is 0 Å². The molecule has 0 unspecified atom stereocenters. The standard InChI is InChI=1S/C19H18ClFN2O2S/c20-14-1-4-16(5-2-14)26(24,25)23-9-7-13(8-10-23)18-12-22-19-11-15(21)3-6-17(18)19/h1-6,11-13,22H,7-10H2. The Morgan fingerprint density at radius 3 is 2.46 bits per heavy atom. The minimum Gasteiger partial charge on any atom is -0.361 e. The van der Waals surface area contributed by atoms with Gasteiger partial charge in [-0.25, -0.2) is 12.8 Å². The lowest BCUT2D eigenvalue weighted by atomic mass is 9.90. The average molecular weight is 393 g/mol. The molecule has 0 aliphatic carbocycles. The average Bonchev–Trinajstić information content (AvgIpc) is 3.05. The molecule has 0 radical (unpaired) electrons. The summed E-state index contributed by atoms with van der Waals surface area (Å²) in [6, 6.07) is 11.0. The van der Waals surface area contributed by atoms with Gasteiger partial charge in [0, 0.05) is 35.2 Å². The number of benzene rings is 2. The van der Waals surface area contributed by atoms with Crippen LogP contribution in [0.15, 0.2) is 53.6 Å². The van der Waals surface area contributed by atoms with Crippen LogP contribution < -0.4 is 0 Å². The third kappa shape index (κ3) is 3.13. The van der Waals surface area contributed by atoms with Gasteiger partial charge >= 0.3 is 0 Å². The molecular formula is C19H18ClFN2O2S. The monoisotopic (exact) mass is 392 g/mol. The molecule has 1 aromatic heterocycles. The highest BCUT2D eigenvalue weighted by molar-refractivity contribution is 7.89. The number of aromatic amines is 1. The summed E-state index contributed by atoms with van der Waals surface area (Å²) in [5.74, 6) is -0.0133. The maximum atomic E-state index is 13.4. The van der Waals surface area contributed by atoms with E-state index in [0.29, 0.717) is 18.1 Å². The number of sulfonamides is 1. The fraction of sp³-hybridized carbons (Fsp3) is 0.263. The zero-order chi connectivity index (χ0) is 18.3. The number of piperidine rings is 1. The van der Waals surface area contributed by atoms with E-state index in [4.69, 9.17) is 11.6 Å². The molecule has 0 saturated carbocycles. The van der Waals surface area contributed by atoms with Crippen LogP contribution in [0.3, 0.4) is 0 Å². The minimum absolute atomic E-state index is 0.255. The fourth-order valence-corrected chi connectivity index (χ4v) is 5.22. The maximum Gasteiger partial charge on any atom is 0.243 e. The van der Waals surface area contributed by atoms with Crippen molar-refractivity contribution in [3.05, 3.63) is 65.1 Å². The van der Waals surface area contributed by atoms with Crippen molar-refractivity contribution in [2.45, 2.75) is 23.7 Å². The van der Waals surface area contributed by atoms with Crippen molar-refractivity contribution in [2.75, 3.05) is 13.1 Å². The fourth-order valence-electron chi connectivity index (χ4n) is 3.62. The maximum absolute atomic E-state index is 13.4. The van der Waals surface area contributed by atoms with Gasteiger partial charge in [-0.2, -0.15) is 4.31 Å². The minimum atomic E-state index is -3.50. The van der Waals surface area contributed by atoms with E-state index < -0.39 is 10.0 Å². The third-order valence-corrected chi connectivity index (χ3v) is 7.19. The van der Waals surface area contributed by atoms with Gasteiger partial charge < -0.3 is 4.98 Å². The molecule has 1 aliphatic heterocycles. The zero-order valence-electron chi connectivity index (χ0n) is 14.0. The topological polar surface area (TPSA) is 53.2 Å². The smallest absolute Gasteiger partial charge is 0.243 e. The first-order valence-corrected chi connectivity index (χ1v) is 10.3. The van der Waals surface area contributed by atoms with Gasteiger partial charge in [0.05, 0.1) is 4.90 Å². The second kappa shape index (κ2) is 6.68. The zero-order valence-corrected chi connectivity index (χ0v) is 15.5. The van der Waals surface area contributed by atoms with Gasteiger partial charge in [-0.3, -0.25) is 0 Å². The molecular weight excluding hydrogens is 375 g/mol. The van der Waals surface area contributed by atoms with Gasteiger partial charge in [0.15, 0.2) is 0 Å². The number of nitrogens with one attached hydrogen (secondary N) is 1. The number of aromatic nitrogens is 1. The van der Waals surface area contributed by atoms with E-state index >= 15 is 0 Å². The SMILES string of the molecule is O=S(=O)(c1ccc(Cl)cc1)N1CCC(c2c[nH]c3cc(F)ccc23)CC1. The van der Waals surface area contributed by atoms with Crippen LogP contribution in [-0.2, 0) is 10.0 Å². The van der Waals surface area contributed by atoms with Crippen molar-refractivity contribution < 1.29 is 12.8 Å². The molecule has 4 nitrogen and oxygen atoms in total. The van der Waals surface area contributed by atoms with Gasteiger partial charge in [-0.05, 0) is 66.8 Å². The molecule has 0 bridgehead atoms. The van der Waals surface area contributed by atoms with E-state index in [1.165, 1.54) is 28.6 Å². The summed E-state index contributed by atoms with van der Waals surface area (Å²) in [4.78, 5) is 3.38. The van der Waals surface area contributed by atoms with E-state index in [9.17, 15) is 12.8 Å². The lowest BCUT2D eigenvalue weighted by molar-refractivity contribution is 0.320. The Bertz CT molecular complexity index is 1040. The van der Waals surface area contributed by atoms with Crippen molar-refractivity contribution in [1.29, 1.82) is 0 Å². The number of fused-ring (bicyclic) bond motifs is 1. The summed E-state index contributed by atoms with van der Waals surface area (Å²) in [5.41, 5.74) is 1.90. The predicted octanol–water partition coefficient (Wildman–Crippen LogP) is 4.53. The number of halogens is 2. The van der Waals surface area contributed by atoms with Crippen LogP contribution in [0.1, 0.15) is 24.3 Å². The molecule has 26 heavy (non-hydrogen) atoms. The van der Waals surface area contributed by atoms with Gasteiger partial charge in [-0.1, -0.05) is 11.6 Å². The Morgan fingerprint density at radius 1 is 1.08 bits per heavy atom.